The number of aromatic nitrogens is 1. The van der Waals surface area contributed by atoms with Crippen LogP contribution in [0.4, 0.5) is 5.69 Å². The molecule has 9 heteroatoms. The van der Waals surface area contributed by atoms with Crippen LogP contribution < -0.4 is 9.47 Å². The third kappa shape index (κ3) is 5.55. The molecule has 0 unspecified atom stereocenters. The fourth-order valence-corrected chi connectivity index (χ4v) is 4.56. The minimum Gasteiger partial charge on any atom is -0.493 e. The number of pyridine rings is 1. The van der Waals surface area contributed by atoms with Crippen LogP contribution in [0.25, 0.3) is 6.08 Å². The highest BCUT2D eigenvalue weighted by Gasteiger charge is 2.32. The summed E-state index contributed by atoms with van der Waals surface area (Å²) in [5.41, 5.74) is 2.32. The molecular weight excluding hydrogens is 493 g/mol. The van der Waals surface area contributed by atoms with Gasteiger partial charge >= 0.3 is 0 Å². The van der Waals surface area contributed by atoms with E-state index in [4.69, 9.17) is 32.7 Å². The minimum atomic E-state index is -0.117. The molecule has 0 radical (unpaired) electrons. The molecule has 0 aliphatic carbocycles. The summed E-state index contributed by atoms with van der Waals surface area (Å²) in [5.74, 6) is 1.06. The van der Waals surface area contributed by atoms with Crippen LogP contribution in [0.3, 0.4) is 0 Å². The summed E-state index contributed by atoms with van der Waals surface area (Å²) in [5, 5.41) is 1.52. The second kappa shape index (κ2) is 11.0. The number of aliphatic imine (C=N–C) groups is 1. The third-order valence-electron chi connectivity index (χ3n) is 4.95. The predicted molar refractivity (Wildman–Crippen MR) is 138 cm³/mol. The van der Waals surface area contributed by atoms with Crippen molar-refractivity contribution >= 4 is 57.8 Å². The fourth-order valence-electron chi connectivity index (χ4n) is 3.22. The molecule has 4 rings (SSSR count). The Morgan fingerprint density at radius 3 is 2.62 bits per heavy atom. The number of hydrogen-bond acceptors (Lipinski definition) is 6. The monoisotopic (exact) mass is 513 g/mol. The second-order valence-electron chi connectivity index (χ2n) is 7.19. The number of methoxy groups -OCH3 is 1. The first-order chi connectivity index (χ1) is 16.5. The van der Waals surface area contributed by atoms with E-state index in [-0.39, 0.29) is 11.1 Å². The number of benzene rings is 2. The molecular formula is C25H21Cl2N3O3S. The lowest BCUT2D eigenvalue weighted by Crippen LogP contribution is -2.28. The van der Waals surface area contributed by atoms with E-state index >= 15 is 0 Å². The highest BCUT2D eigenvalue weighted by Crippen LogP contribution is 2.36. The number of thioether (sulfide) groups is 1. The summed E-state index contributed by atoms with van der Waals surface area (Å²) in [4.78, 5) is 23.7. The van der Waals surface area contributed by atoms with E-state index in [1.807, 2.05) is 55.5 Å². The van der Waals surface area contributed by atoms with Crippen molar-refractivity contribution in [1.82, 2.24) is 9.88 Å². The zero-order valence-corrected chi connectivity index (χ0v) is 20.8. The van der Waals surface area contributed by atoms with Gasteiger partial charge in [0.05, 0.1) is 12.0 Å². The summed E-state index contributed by atoms with van der Waals surface area (Å²) < 4.78 is 11.4. The molecule has 1 fully saturated rings. The first kappa shape index (κ1) is 24.1. The van der Waals surface area contributed by atoms with Crippen LogP contribution in [-0.2, 0) is 11.4 Å². The molecule has 6 nitrogen and oxygen atoms in total. The number of nitrogens with zero attached hydrogens (tertiary/aromatic N) is 3. The predicted octanol–water partition coefficient (Wildman–Crippen LogP) is 6.60. The maximum Gasteiger partial charge on any atom is 0.266 e. The maximum atomic E-state index is 13.0. The Hall–Kier alpha value is -3.00. The number of amidine groups is 1. The molecule has 3 aromatic rings. The van der Waals surface area contributed by atoms with Crippen molar-refractivity contribution in [2.24, 2.45) is 4.99 Å². The van der Waals surface area contributed by atoms with Crippen LogP contribution in [0.1, 0.15) is 18.1 Å². The van der Waals surface area contributed by atoms with E-state index in [1.54, 1.807) is 30.3 Å². The van der Waals surface area contributed by atoms with Crippen molar-refractivity contribution < 1.29 is 14.3 Å². The number of ether oxygens (including phenoxy) is 2. The van der Waals surface area contributed by atoms with Crippen LogP contribution in [0.5, 0.6) is 11.5 Å². The van der Waals surface area contributed by atoms with E-state index in [0.717, 1.165) is 11.1 Å². The van der Waals surface area contributed by atoms with Crippen LogP contribution in [-0.4, -0.2) is 34.6 Å². The van der Waals surface area contributed by atoms with Crippen LogP contribution >= 0.6 is 35.0 Å². The molecule has 0 atom stereocenters. The smallest absolute Gasteiger partial charge is 0.266 e. The molecule has 0 spiro atoms. The van der Waals surface area contributed by atoms with E-state index in [2.05, 4.69) is 9.98 Å². The zero-order valence-electron chi connectivity index (χ0n) is 18.5. The Balaban J connectivity index is 1.55. The Morgan fingerprint density at radius 1 is 1.12 bits per heavy atom. The van der Waals surface area contributed by atoms with Gasteiger partial charge in [-0.1, -0.05) is 41.4 Å². The number of hydrogen-bond donors (Lipinski definition) is 0. The van der Waals surface area contributed by atoms with Crippen molar-refractivity contribution in [1.29, 1.82) is 0 Å². The number of carbonyl (C=O) groups is 1. The molecule has 1 aliphatic heterocycles. The van der Waals surface area contributed by atoms with Gasteiger partial charge in [0.1, 0.15) is 12.3 Å². The SMILES string of the molecule is CCN1C(=O)/C(=C/c2ccc(OCc3ccc(Cl)cc3)c(OC)c2)SC1=Nc1cccnc1Cl. The number of rotatable bonds is 7. The molecule has 174 valence electrons. The number of likely N-dealkylation sites (N-methyl/N-ethyl adjacent to an activating group) is 1. The molecule has 1 aliphatic rings. The number of carbonyl (C=O) groups excluding carboxylic acids is 1. The summed E-state index contributed by atoms with van der Waals surface area (Å²) >= 11 is 13.4. The van der Waals surface area contributed by atoms with Gasteiger partial charge in [-0.2, -0.15) is 0 Å². The molecule has 34 heavy (non-hydrogen) atoms. The maximum absolute atomic E-state index is 13.0. The van der Waals surface area contributed by atoms with Crippen LogP contribution in [0, 0.1) is 0 Å². The van der Waals surface area contributed by atoms with Crippen molar-refractivity contribution in [3.63, 3.8) is 0 Å². The average molecular weight is 514 g/mol. The van der Waals surface area contributed by atoms with Gasteiger partial charge in [0, 0.05) is 17.8 Å². The van der Waals surface area contributed by atoms with Crippen molar-refractivity contribution in [3.8, 4) is 11.5 Å². The standard InChI is InChI=1S/C25H21Cl2N3O3S/c1-3-30-24(31)22(34-25(30)29-19-5-4-12-28-23(19)27)14-17-8-11-20(21(13-17)32-2)33-15-16-6-9-18(26)10-7-16/h4-14H,3,15H2,1-2H3/b22-14-,29-25?. The first-order valence-electron chi connectivity index (χ1n) is 10.4. The fraction of sp³-hybridized carbons (Fsp3) is 0.160. The van der Waals surface area contributed by atoms with E-state index in [1.165, 1.54) is 11.8 Å². The first-order valence-corrected chi connectivity index (χ1v) is 12.0. The van der Waals surface area contributed by atoms with Gasteiger partial charge in [-0.15, -0.1) is 0 Å². The summed E-state index contributed by atoms with van der Waals surface area (Å²) in [6.45, 7) is 2.77. The molecule has 2 aromatic carbocycles. The van der Waals surface area contributed by atoms with Crippen molar-refractivity contribution in [2.75, 3.05) is 13.7 Å². The van der Waals surface area contributed by atoms with E-state index in [0.29, 0.717) is 45.4 Å². The molecule has 0 bridgehead atoms. The lowest BCUT2D eigenvalue weighted by Gasteiger charge is -2.12. The Kier molecular flexibility index (Phi) is 7.77. The lowest BCUT2D eigenvalue weighted by atomic mass is 10.1. The summed E-state index contributed by atoms with van der Waals surface area (Å²) in [6.07, 6.45) is 3.41. The molecule has 1 amide bonds. The van der Waals surface area contributed by atoms with E-state index < -0.39 is 0 Å². The highest BCUT2D eigenvalue weighted by molar-refractivity contribution is 8.18. The molecule has 0 N–H and O–H groups in total. The summed E-state index contributed by atoms with van der Waals surface area (Å²) in [7, 11) is 1.58. The summed E-state index contributed by atoms with van der Waals surface area (Å²) in [6, 6.07) is 16.5. The highest BCUT2D eigenvalue weighted by atomic mass is 35.5. The minimum absolute atomic E-state index is 0.117. The zero-order chi connectivity index (χ0) is 24.1. The molecule has 2 heterocycles. The normalized spacial score (nSPS) is 15.9. The van der Waals surface area contributed by atoms with Gasteiger partial charge in [-0.3, -0.25) is 9.69 Å². The molecule has 1 aromatic heterocycles. The topological polar surface area (TPSA) is 64.0 Å². The van der Waals surface area contributed by atoms with Crippen LogP contribution in [0.2, 0.25) is 10.2 Å². The number of halogens is 2. The lowest BCUT2D eigenvalue weighted by molar-refractivity contribution is -0.122. The largest absolute Gasteiger partial charge is 0.493 e. The van der Waals surface area contributed by atoms with Gasteiger partial charge in [-0.05, 0) is 72.3 Å². The Bertz CT molecular complexity index is 1260. The van der Waals surface area contributed by atoms with Gasteiger partial charge < -0.3 is 9.47 Å². The van der Waals surface area contributed by atoms with Gasteiger partial charge in [0.2, 0.25) is 0 Å². The van der Waals surface area contributed by atoms with E-state index in [9.17, 15) is 4.79 Å². The molecule has 1 saturated heterocycles. The quantitative estimate of drug-likeness (QED) is 0.263. The third-order valence-corrected chi connectivity index (χ3v) is 6.50. The van der Waals surface area contributed by atoms with Crippen molar-refractivity contribution in [3.05, 3.63) is 87.0 Å². The second-order valence-corrected chi connectivity index (χ2v) is 9.00. The van der Waals surface area contributed by atoms with Crippen molar-refractivity contribution in [2.45, 2.75) is 13.5 Å². The Labute approximate surface area is 212 Å². The average Bonchev–Trinajstić information content (AvgIpc) is 3.14. The van der Waals surface area contributed by atoms with Crippen LogP contribution in [0.15, 0.2) is 70.7 Å². The van der Waals surface area contributed by atoms with Gasteiger partial charge in [0.25, 0.3) is 5.91 Å². The molecule has 0 saturated carbocycles. The van der Waals surface area contributed by atoms with Gasteiger partial charge in [0.15, 0.2) is 21.8 Å². The Morgan fingerprint density at radius 2 is 1.91 bits per heavy atom. The number of amides is 1. The van der Waals surface area contributed by atoms with Gasteiger partial charge in [-0.25, -0.2) is 9.98 Å².